The molecule has 7 nitrogen and oxygen atoms in total. The van der Waals surface area contributed by atoms with Gasteiger partial charge in [-0.25, -0.2) is 4.68 Å². The number of hydrogen-bond acceptors (Lipinski definition) is 4. The number of halogens is 3. The molecule has 3 aromatic rings. The van der Waals surface area contributed by atoms with E-state index >= 15 is 0 Å². The number of hydrogen-bond donors (Lipinski definition) is 2. The summed E-state index contributed by atoms with van der Waals surface area (Å²) in [6.45, 7) is 0. The molecule has 0 spiro atoms. The number of nitrogens with one attached hydrogen (secondary N) is 2. The third-order valence-corrected chi connectivity index (χ3v) is 5.01. The highest BCUT2D eigenvalue weighted by atomic mass is 35.5. The number of benzene rings is 2. The SMILES string of the molecule is O=C1C[C@H](c2ccc(Cl)cc2)n2nc(NC(=O)c3ccc(Cl)cc3Cl)nc2N1. The highest BCUT2D eigenvalue weighted by Gasteiger charge is 2.29. The second-order valence-electron chi connectivity index (χ2n) is 6.10. The van der Waals surface area contributed by atoms with Crippen molar-refractivity contribution in [3.05, 3.63) is 68.7 Å². The van der Waals surface area contributed by atoms with E-state index in [2.05, 4.69) is 20.7 Å². The third kappa shape index (κ3) is 3.69. The molecule has 0 radical (unpaired) electrons. The number of aromatic nitrogens is 3. The number of fused-ring (bicyclic) bond motifs is 1. The fraction of sp³-hybridized carbons (Fsp3) is 0.111. The van der Waals surface area contributed by atoms with E-state index in [9.17, 15) is 9.59 Å². The summed E-state index contributed by atoms with van der Waals surface area (Å²) < 4.78 is 1.56. The van der Waals surface area contributed by atoms with Gasteiger partial charge in [0.15, 0.2) is 0 Å². The van der Waals surface area contributed by atoms with Crippen LogP contribution in [0.1, 0.15) is 28.4 Å². The number of rotatable bonds is 3. The molecule has 0 saturated heterocycles. The molecule has 28 heavy (non-hydrogen) atoms. The van der Waals surface area contributed by atoms with Gasteiger partial charge in [0.05, 0.1) is 23.0 Å². The van der Waals surface area contributed by atoms with Crippen LogP contribution in [0.3, 0.4) is 0 Å². The summed E-state index contributed by atoms with van der Waals surface area (Å²) in [5, 5.41) is 10.8. The molecule has 0 aliphatic carbocycles. The van der Waals surface area contributed by atoms with Crippen LogP contribution in [0.15, 0.2) is 42.5 Å². The lowest BCUT2D eigenvalue weighted by Crippen LogP contribution is -2.29. The van der Waals surface area contributed by atoms with Gasteiger partial charge in [-0.15, -0.1) is 5.10 Å². The van der Waals surface area contributed by atoms with Gasteiger partial charge in [-0.1, -0.05) is 46.9 Å². The minimum absolute atomic E-state index is 0.0483. The summed E-state index contributed by atoms with van der Waals surface area (Å²) in [6.07, 6.45) is 0.189. The van der Waals surface area contributed by atoms with Crippen LogP contribution in [0.25, 0.3) is 0 Å². The van der Waals surface area contributed by atoms with E-state index < -0.39 is 5.91 Å². The molecule has 2 amide bonds. The fourth-order valence-corrected chi connectivity index (χ4v) is 3.52. The van der Waals surface area contributed by atoms with Gasteiger partial charge in [-0.2, -0.15) is 4.98 Å². The van der Waals surface area contributed by atoms with Crippen LogP contribution >= 0.6 is 34.8 Å². The summed E-state index contributed by atoms with van der Waals surface area (Å²) in [5.74, 6) is -0.390. The van der Waals surface area contributed by atoms with Crippen molar-refractivity contribution in [1.29, 1.82) is 0 Å². The molecule has 0 saturated carbocycles. The van der Waals surface area contributed by atoms with Crippen molar-refractivity contribution in [3.63, 3.8) is 0 Å². The molecule has 2 N–H and O–H groups in total. The molecular weight excluding hydrogens is 425 g/mol. The molecule has 1 aliphatic heterocycles. The number of amides is 2. The Hall–Kier alpha value is -2.61. The van der Waals surface area contributed by atoms with Crippen LogP contribution in [0.4, 0.5) is 11.9 Å². The zero-order valence-electron chi connectivity index (χ0n) is 14.1. The maximum absolute atomic E-state index is 12.5. The topological polar surface area (TPSA) is 88.9 Å². The van der Waals surface area contributed by atoms with Gasteiger partial charge in [-0.3, -0.25) is 20.2 Å². The first-order chi connectivity index (χ1) is 13.4. The van der Waals surface area contributed by atoms with Gasteiger partial charge >= 0.3 is 0 Å². The number of nitrogens with zero attached hydrogens (tertiary/aromatic N) is 3. The zero-order valence-corrected chi connectivity index (χ0v) is 16.4. The lowest BCUT2D eigenvalue weighted by atomic mass is 10.0. The Balaban J connectivity index is 1.63. The highest BCUT2D eigenvalue weighted by Crippen LogP contribution is 2.30. The minimum atomic E-state index is -0.487. The zero-order chi connectivity index (χ0) is 19.8. The number of carbonyl (C=O) groups is 2. The molecule has 4 rings (SSSR count). The Morgan fingerprint density at radius 2 is 1.82 bits per heavy atom. The van der Waals surface area contributed by atoms with E-state index in [4.69, 9.17) is 34.8 Å². The molecule has 1 aromatic heterocycles. The largest absolute Gasteiger partial charge is 0.295 e. The molecule has 1 aliphatic rings. The molecule has 0 unspecified atom stereocenters. The second kappa shape index (κ2) is 7.43. The van der Waals surface area contributed by atoms with Crippen molar-refractivity contribution >= 4 is 58.5 Å². The third-order valence-electron chi connectivity index (χ3n) is 4.21. The van der Waals surface area contributed by atoms with Gasteiger partial charge in [0, 0.05) is 10.0 Å². The van der Waals surface area contributed by atoms with E-state index in [1.54, 1.807) is 22.9 Å². The summed E-state index contributed by atoms with van der Waals surface area (Å²) in [4.78, 5) is 28.8. The Morgan fingerprint density at radius 3 is 2.54 bits per heavy atom. The van der Waals surface area contributed by atoms with Gasteiger partial charge < -0.3 is 0 Å². The van der Waals surface area contributed by atoms with Gasteiger partial charge in [0.1, 0.15) is 0 Å². The highest BCUT2D eigenvalue weighted by molar-refractivity contribution is 6.37. The predicted molar refractivity (Wildman–Crippen MR) is 107 cm³/mol. The molecule has 1 atom stereocenters. The van der Waals surface area contributed by atoms with Crippen molar-refractivity contribution in [3.8, 4) is 0 Å². The van der Waals surface area contributed by atoms with E-state index in [-0.39, 0.29) is 40.9 Å². The van der Waals surface area contributed by atoms with Crippen molar-refractivity contribution in [1.82, 2.24) is 14.8 Å². The lowest BCUT2D eigenvalue weighted by molar-refractivity contribution is -0.117. The van der Waals surface area contributed by atoms with Crippen molar-refractivity contribution < 1.29 is 9.59 Å². The van der Waals surface area contributed by atoms with E-state index in [0.717, 1.165) is 5.56 Å². The van der Waals surface area contributed by atoms with E-state index in [0.29, 0.717) is 10.0 Å². The van der Waals surface area contributed by atoms with Crippen LogP contribution in [0, 0.1) is 0 Å². The van der Waals surface area contributed by atoms with Crippen molar-refractivity contribution in [2.75, 3.05) is 10.6 Å². The first-order valence-corrected chi connectivity index (χ1v) is 9.32. The lowest BCUT2D eigenvalue weighted by Gasteiger charge is -2.23. The normalized spacial score (nSPS) is 15.7. The number of anilines is 2. The monoisotopic (exact) mass is 435 g/mol. The van der Waals surface area contributed by atoms with Crippen molar-refractivity contribution in [2.45, 2.75) is 12.5 Å². The molecule has 2 aromatic carbocycles. The van der Waals surface area contributed by atoms with Gasteiger partial charge in [0.25, 0.3) is 11.9 Å². The summed E-state index contributed by atoms with van der Waals surface area (Å²) in [7, 11) is 0. The maximum atomic E-state index is 12.5. The maximum Gasteiger partial charge on any atom is 0.259 e. The molecule has 10 heteroatoms. The average Bonchev–Trinajstić information content (AvgIpc) is 3.03. The van der Waals surface area contributed by atoms with E-state index in [1.807, 2.05) is 12.1 Å². The molecule has 0 fully saturated rings. The van der Waals surface area contributed by atoms with Gasteiger partial charge in [-0.05, 0) is 35.9 Å². The Labute approximate surface area is 174 Å². The first kappa shape index (κ1) is 18.7. The van der Waals surface area contributed by atoms with E-state index in [1.165, 1.54) is 12.1 Å². The predicted octanol–water partition coefficient (Wildman–Crippen LogP) is 4.42. The van der Waals surface area contributed by atoms with Gasteiger partial charge in [0.2, 0.25) is 11.9 Å². The second-order valence-corrected chi connectivity index (χ2v) is 7.38. The molecule has 0 bridgehead atoms. The summed E-state index contributed by atoms with van der Waals surface area (Å²) in [5.41, 5.74) is 1.08. The van der Waals surface area contributed by atoms with Crippen LogP contribution in [-0.2, 0) is 4.79 Å². The molecular formula is C18H12Cl3N5O2. The summed E-state index contributed by atoms with van der Waals surface area (Å²) in [6, 6.07) is 11.3. The minimum Gasteiger partial charge on any atom is -0.295 e. The van der Waals surface area contributed by atoms with Crippen LogP contribution in [0.2, 0.25) is 15.1 Å². The number of carbonyl (C=O) groups excluding carboxylic acids is 2. The average molecular weight is 437 g/mol. The Kier molecular flexibility index (Phi) is 4.97. The summed E-state index contributed by atoms with van der Waals surface area (Å²) >= 11 is 17.9. The standard InChI is InChI=1S/C18H12Cl3N5O2/c19-10-3-1-9(2-4-10)14-8-15(27)22-18-24-17(25-26(14)18)23-16(28)12-6-5-11(20)7-13(12)21/h1-7,14H,8H2,(H2,22,23,24,25,27,28)/t14-/m1/s1. The Bertz CT molecular complexity index is 1080. The fourth-order valence-electron chi connectivity index (χ4n) is 2.90. The van der Waals surface area contributed by atoms with Crippen LogP contribution in [0.5, 0.6) is 0 Å². The smallest absolute Gasteiger partial charge is 0.259 e. The molecule has 142 valence electrons. The quantitative estimate of drug-likeness (QED) is 0.636. The molecule has 2 heterocycles. The Morgan fingerprint density at radius 1 is 1.11 bits per heavy atom. The first-order valence-electron chi connectivity index (χ1n) is 8.19. The van der Waals surface area contributed by atoms with Crippen molar-refractivity contribution in [2.24, 2.45) is 0 Å². The van der Waals surface area contributed by atoms with Crippen LogP contribution < -0.4 is 10.6 Å². The van der Waals surface area contributed by atoms with Crippen LogP contribution in [-0.4, -0.2) is 26.6 Å².